The summed E-state index contributed by atoms with van der Waals surface area (Å²) >= 11 is 0. The number of piperidine rings is 1. The van der Waals surface area contributed by atoms with Gasteiger partial charge in [-0.1, -0.05) is 12.8 Å². The number of phenols is 1. The summed E-state index contributed by atoms with van der Waals surface area (Å²) in [5, 5.41) is 38.2. The Labute approximate surface area is 237 Å². The SMILES string of the molecule is CC[C@]1(CNC(N)=NC)C#CC[C@@H](Cc2cc(OC3CCNCC3)c(O)cc2CO)[C@@H](OC(C)=O)C[C@@H](O)CC1. The first kappa shape index (κ1) is 31.5. The molecule has 0 spiro atoms. The predicted octanol–water partition coefficient (Wildman–Crippen LogP) is 1.97. The number of ether oxygens (including phenoxy) is 2. The maximum atomic E-state index is 12.1. The van der Waals surface area contributed by atoms with E-state index >= 15 is 0 Å². The maximum absolute atomic E-state index is 12.1. The van der Waals surface area contributed by atoms with Crippen LogP contribution in [0, 0.1) is 23.2 Å². The predicted molar refractivity (Wildman–Crippen MR) is 154 cm³/mol. The van der Waals surface area contributed by atoms with Crippen molar-refractivity contribution in [2.75, 3.05) is 26.7 Å². The second-order valence-electron chi connectivity index (χ2n) is 11.0. The summed E-state index contributed by atoms with van der Waals surface area (Å²) in [6, 6.07) is 3.32. The fourth-order valence-electron chi connectivity index (χ4n) is 5.47. The summed E-state index contributed by atoms with van der Waals surface area (Å²) in [5.41, 5.74) is 6.84. The third kappa shape index (κ3) is 9.01. The highest BCUT2D eigenvalue weighted by Gasteiger charge is 2.32. The first-order chi connectivity index (χ1) is 19.2. The second-order valence-corrected chi connectivity index (χ2v) is 11.0. The number of benzene rings is 1. The summed E-state index contributed by atoms with van der Waals surface area (Å²) in [4.78, 5) is 16.0. The molecule has 0 bridgehead atoms. The lowest BCUT2D eigenvalue weighted by molar-refractivity contribution is -0.151. The van der Waals surface area contributed by atoms with Crippen molar-refractivity contribution in [3.63, 3.8) is 0 Å². The summed E-state index contributed by atoms with van der Waals surface area (Å²) in [6.45, 7) is 5.39. The molecule has 4 atom stereocenters. The molecular formula is C30H46N4O6. The van der Waals surface area contributed by atoms with E-state index in [2.05, 4.69) is 34.4 Å². The minimum Gasteiger partial charge on any atom is -0.504 e. The van der Waals surface area contributed by atoms with Crippen molar-refractivity contribution in [1.82, 2.24) is 10.6 Å². The van der Waals surface area contributed by atoms with Crippen LogP contribution in [-0.4, -0.2) is 72.2 Å². The molecule has 0 radical (unpaired) electrons. The summed E-state index contributed by atoms with van der Waals surface area (Å²) < 4.78 is 11.9. The van der Waals surface area contributed by atoms with Gasteiger partial charge < -0.3 is 41.2 Å². The highest BCUT2D eigenvalue weighted by atomic mass is 16.5. The molecule has 1 saturated heterocycles. The quantitative estimate of drug-likeness (QED) is 0.115. The van der Waals surface area contributed by atoms with Crippen molar-refractivity contribution in [2.45, 2.75) is 90.1 Å². The van der Waals surface area contributed by atoms with Crippen LogP contribution in [0.2, 0.25) is 0 Å². The smallest absolute Gasteiger partial charge is 0.302 e. The molecule has 0 amide bonds. The van der Waals surface area contributed by atoms with Crippen LogP contribution < -0.4 is 21.1 Å². The van der Waals surface area contributed by atoms with Gasteiger partial charge in [-0.3, -0.25) is 9.79 Å². The number of aromatic hydroxyl groups is 1. The molecule has 2 aliphatic rings. The van der Waals surface area contributed by atoms with E-state index in [0.29, 0.717) is 49.5 Å². The van der Waals surface area contributed by atoms with Crippen molar-refractivity contribution in [3.8, 4) is 23.3 Å². The highest BCUT2D eigenvalue weighted by molar-refractivity contribution is 5.77. The molecule has 3 rings (SSSR count). The van der Waals surface area contributed by atoms with Crippen LogP contribution in [0.1, 0.15) is 69.9 Å². The summed E-state index contributed by atoms with van der Waals surface area (Å²) in [7, 11) is 1.62. The van der Waals surface area contributed by atoms with Crippen LogP contribution in [0.25, 0.3) is 0 Å². The highest BCUT2D eigenvalue weighted by Crippen LogP contribution is 2.36. The van der Waals surface area contributed by atoms with Crippen LogP contribution in [0.3, 0.4) is 0 Å². The number of esters is 1. The van der Waals surface area contributed by atoms with Gasteiger partial charge in [-0.25, -0.2) is 0 Å². The van der Waals surface area contributed by atoms with Gasteiger partial charge in [-0.2, -0.15) is 0 Å². The number of aliphatic hydroxyl groups is 2. The van der Waals surface area contributed by atoms with Crippen LogP contribution in [0.15, 0.2) is 17.1 Å². The average Bonchev–Trinajstić information content (AvgIpc) is 2.94. The Hall–Kier alpha value is -3.00. The largest absolute Gasteiger partial charge is 0.504 e. The van der Waals surface area contributed by atoms with Gasteiger partial charge in [-0.15, -0.1) is 5.92 Å². The van der Waals surface area contributed by atoms with E-state index in [1.807, 2.05) is 0 Å². The molecule has 1 aromatic carbocycles. The maximum Gasteiger partial charge on any atom is 0.302 e. The van der Waals surface area contributed by atoms with Crippen LogP contribution in [0.4, 0.5) is 0 Å². The Balaban J connectivity index is 1.94. The van der Waals surface area contributed by atoms with E-state index in [9.17, 15) is 20.1 Å². The van der Waals surface area contributed by atoms with Gasteiger partial charge in [0.25, 0.3) is 0 Å². The minimum absolute atomic E-state index is 0.00833. The first-order valence-corrected chi connectivity index (χ1v) is 14.3. The number of carbonyl (C=O) groups excluding carboxylic acids is 1. The van der Waals surface area contributed by atoms with E-state index < -0.39 is 23.6 Å². The van der Waals surface area contributed by atoms with Crippen molar-refractivity contribution < 1.29 is 29.6 Å². The zero-order chi connectivity index (χ0) is 29.1. The lowest BCUT2D eigenvalue weighted by atomic mass is 9.77. The number of hydrogen-bond acceptors (Lipinski definition) is 8. The molecule has 40 heavy (non-hydrogen) atoms. The Bertz CT molecular complexity index is 1080. The van der Waals surface area contributed by atoms with E-state index in [1.54, 1.807) is 19.2 Å². The minimum atomic E-state index is -0.689. The molecule has 0 aromatic heterocycles. The average molecular weight is 559 g/mol. The number of nitrogens with zero attached hydrogens (tertiary/aromatic N) is 1. The molecule has 1 aromatic rings. The van der Waals surface area contributed by atoms with E-state index in [4.69, 9.17) is 15.2 Å². The van der Waals surface area contributed by atoms with Crippen molar-refractivity contribution >= 4 is 11.9 Å². The van der Waals surface area contributed by atoms with Gasteiger partial charge in [0.2, 0.25) is 0 Å². The van der Waals surface area contributed by atoms with Gasteiger partial charge >= 0.3 is 5.97 Å². The summed E-state index contributed by atoms with van der Waals surface area (Å²) in [5.74, 6) is 6.84. The lowest BCUT2D eigenvalue weighted by Gasteiger charge is -2.33. The molecule has 10 nitrogen and oxygen atoms in total. The molecule has 0 unspecified atom stereocenters. The normalized spacial score (nSPS) is 26.3. The molecular weight excluding hydrogens is 512 g/mol. The van der Waals surface area contributed by atoms with Gasteiger partial charge in [0.1, 0.15) is 12.2 Å². The number of phenolic OH excluding ortho intramolecular Hbond substituents is 1. The molecule has 1 fully saturated rings. The molecule has 1 heterocycles. The van der Waals surface area contributed by atoms with Gasteiger partial charge in [0.15, 0.2) is 17.5 Å². The molecule has 222 valence electrons. The first-order valence-electron chi connectivity index (χ1n) is 14.3. The fourth-order valence-corrected chi connectivity index (χ4v) is 5.47. The fraction of sp³-hybridized carbons (Fsp3) is 0.667. The molecule has 1 aliphatic heterocycles. The molecule has 10 heteroatoms. The second kappa shape index (κ2) is 15.1. The van der Waals surface area contributed by atoms with E-state index in [-0.39, 0.29) is 30.8 Å². The van der Waals surface area contributed by atoms with Crippen molar-refractivity contribution in [2.24, 2.45) is 22.1 Å². The van der Waals surface area contributed by atoms with E-state index in [1.165, 1.54) is 6.92 Å². The monoisotopic (exact) mass is 558 g/mol. The zero-order valence-corrected chi connectivity index (χ0v) is 24.0. The number of nitrogens with two attached hydrogens (primary N) is 1. The van der Waals surface area contributed by atoms with Crippen molar-refractivity contribution in [3.05, 3.63) is 23.3 Å². The topological polar surface area (TPSA) is 159 Å². The Kier molecular flexibility index (Phi) is 11.9. The molecule has 1 aliphatic carbocycles. The van der Waals surface area contributed by atoms with Gasteiger partial charge in [0.05, 0.1) is 12.7 Å². The molecule has 7 N–H and O–H groups in total. The number of nitrogens with one attached hydrogen (secondary N) is 2. The number of aliphatic hydroxyl groups excluding tert-OH is 2. The van der Waals surface area contributed by atoms with Gasteiger partial charge in [-0.05, 0) is 74.9 Å². The Morgan fingerprint density at radius 3 is 2.67 bits per heavy atom. The third-order valence-corrected chi connectivity index (χ3v) is 8.06. The number of guanidine groups is 1. The third-order valence-electron chi connectivity index (χ3n) is 8.06. The zero-order valence-electron chi connectivity index (χ0n) is 24.0. The Morgan fingerprint density at radius 2 is 2.02 bits per heavy atom. The number of rotatable bonds is 9. The summed E-state index contributed by atoms with van der Waals surface area (Å²) in [6.07, 6.45) is 3.45. The van der Waals surface area contributed by atoms with Crippen LogP contribution in [-0.2, 0) is 22.6 Å². The number of aliphatic imine (C=N–C) groups is 1. The van der Waals surface area contributed by atoms with Crippen LogP contribution >= 0.6 is 0 Å². The van der Waals surface area contributed by atoms with Crippen molar-refractivity contribution in [1.29, 1.82) is 0 Å². The lowest BCUT2D eigenvalue weighted by Crippen LogP contribution is -2.41. The molecule has 0 saturated carbocycles. The standard InChI is InChI=1S/C30H46N4O6/c1-4-30(19-34-29(31)32-3)10-5-6-21(27(39-20(2)36)17-24(37)7-11-30)14-22-16-28(26(38)15-23(22)18-35)40-25-8-12-33-13-9-25/h15-16,21,24-25,27,33,35,37-38H,4,6-9,11-14,17-19H2,1-3H3,(H3,31,32,34)/t21-,24-,27-,30-/m0/s1. The van der Waals surface area contributed by atoms with Crippen LogP contribution in [0.5, 0.6) is 11.5 Å². The van der Waals surface area contributed by atoms with E-state index in [0.717, 1.165) is 37.9 Å². The number of carbonyl (C=O) groups is 1. The van der Waals surface area contributed by atoms with Gasteiger partial charge in [0, 0.05) is 44.7 Å². The Morgan fingerprint density at radius 1 is 1.27 bits per heavy atom. The number of hydrogen-bond donors (Lipinski definition) is 6.